The maximum Gasteiger partial charge on any atom is 0.255 e. The molecule has 4 unspecified atom stereocenters. The van der Waals surface area contributed by atoms with E-state index >= 15 is 0 Å². The lowest BCUT2D eigenvalue weighted by molar-refractivity contribution is -0.125. The second kappa shape index (κ2) is 10.9. The Bertz CT molecular complexity index is 1210. The molecule has 1 heterocycles. The third-order valence-electron chi connectivity index (χ3n) is 7.48. The van der Waals surface area contributed by atoms with Gasteiger partial charge in [-0.2, -0.15) is 0 Å². The van der Waals surface area contributed by atoms with Crippen molar-refractivity contribution in [2.45, 2.75) is 56.2 Å². The van der Waals surface area contributed by atoms with Gasteiger partial charge in [0.1, 0.15) is 0 Å². The van der Waals surface area contributed by atoms with Crippen LogP contribution in [-0.4, -0.2) is 40.5 Å². The van der Waals surface area contributed by atoms with E-state index in [-0.39, 0.29) is 17.9 Å². The van der Waals surface area contributed by atoms with E-state index in [4.69, 9.17) is 11.6 Å². The van der Waals surface area contributed by atoms with Crippen LogP contribution in [0.4, 0.5) is 0 Å². The van der Waals surface area contributed by atoms with Crippen LogP contribution in [0.15, 0.2) is 78.9 Å². The summed E-state index contributed by atoms with van der Waals surface area (Å²) in [4.78, 5) is 29.6. The molecule has 3 aromatic rings. The summed E-state index contributed by atoms with van der Waals surface area (Å²) in [7, 11) is 0. The summed E-state index contributed by atoms with van der Waals surface area (Å²) in [6.07, 6.45) is 3.33. The van der Waals surface area contributed by atoms with Gasteiger partial charge in [0.25, 0.3) is 5.91 Å². The van der Waals surface area contributed by atoms with Gasteiger partial charge in [0, 0.05) is 17.1 Å². The second-order valence-electron chi connectivity index (χ2n) is 9.72. The number of carbonyl (C=O) groups excluding carboxylic acids is 2. The third kappa shape index (κ3) is 4.91. The predicted molar refractivity (Wildman–Crippen MR) is 141 cm³/mol. The average molecular weight is 503 g/mol. The van der Waals surface area contributed by atoms with Crippen LogP contribution in [0.1, 0.15) is 64.7 Å². The van der Waals surface area contributed by atoms with E-state index in [2.05, 4.69) is 5.32 Å². The first-order chi connectivity index (χ1) is 17.5. The standard InChI is InChI=1S/C30H31ClN2O3/c31-22-16-14-21(15-17-22)28-27(29(35)32-19-18-20-8-2-1-3-9-20)23-10-4-5-11-24(23)30(36)33(28)25-12-6-7-13-26(25)34/h1-5,8-11,14-17,25-28,34H,6-7,12-13,18-19H2,(H,32,35). The van der Waals surface area contributed by atoms with E-state index in [0.717, 1.165) is 36.0 Å². The zero-order valence-electron chi connectivity index (χ0n) is 20.1. The molecule has 5 rings (SSSR count). The molecule has 1 saturated carbocycles. The van der Waals surface area contributed by atoms with Crippen molar-refractivity contribution in [2.24, 2.45) is 0 Å². The summed E-state index contributed by atoms with van der Waals surface area (Å²) in [6, 6.07) is 23.9. The van der Waals surface area contributed by atoms with Crippen LogP contribution in [0.3, 0.4) is 0 Å². The Kier molecular flexibility index (Phi) is 7.40. The number of fused-ring (bicyclic) bond motifs is 1. The van der Waals surface area contributed by atoms with E-state index in [9.17, 15) is 14.7 Å². The fourth-order valence-corrected chi connectivity index (χ4v) is 5.84. The first kappa shape index (κ1) is 24.5. The fraction of sp³-hybridized carbons (Fsp3) is 0.333. The number of benzene rings is 3. The molecule has 0 radical (unpaired) electrons. The molecule has 2 amide bonds. The minimum atomic E-state index is -0.621. The summed E-state index contributed by atoms with van der Waals surface area (Å²) in [5.74, 6) is -0.865. The molecule has 2 aliphatic rings. The Morgan fingerprint density at radius 1 is 0.944 bits per heavy atom. The lowest BCUT2D eigenvalue weighted by Gasteiger charge is -2.48. The Balaban J connectivity index is 1.54. The van der Waals surface area contributed by atoms with Gasteiger partial charge in [0.2, 0.25) is 5.91 Å². The van der Waals surface area contributed by atoms with Crippen molar-refractivity contribution in [2.75, 3.05) is 6.54 Å². The van der Waals surface area contributed by atoms with Gasteiger partial charge in [-0.3, -0.25) is 9.59 Å². The van der Waals surface area contributed by atoms with Crippen LogP contribution in [0.2, 0.25) is 5.02 Å². The van der Waals surface area contributed by atoms with Crippen LogP contribution in [0.5, 0.6) is 0 Å². The molecular weight excluding hydrogens is 472 g/mol. The Hall–Kier alpha value is -3.15. The number of amides is 2. The summed E-state index contributed by atoms with van der Waals surface area (Å²) in [6.45, 7) is 0.495. The van der Waals surface area contributed by atoms with Gasteiger partial charge in [0.05, 0.1) is 24.1 Å². The minimum absolute atomic E-state index is 0.124. The molecule has 0 spiro atoms. The number of hydrogen-bond acceptors (Lipinski definition) is 3. The molecule has 5 nitrogen and oxygen atoms in total. The van der Waals surface area contributed by atoms with Crippen molar-refractivity contribution in [3.63, 3.8) is 0 Å². The van der Waals surface area contributed by atoms with Gasteiger partial charge in [0.15, 0.2) is 0 Å². The largest absolute Gasteiger partial charge is 0.391 e. The summed E-state index contributed by atoms with van der Waals surface area (Å²) < 4.78 is 0. The molecule has 6 heteroatoms. The maximum absolute atomic E-state index is 13.9. The van der Waals surface area contributed by atoms with Crippen LogP contribution < -0.4 is 5.32 Å². The summed E-state index contributed by atoms with van der Waals surface area (Å²) >= 11 is 6.19. The maximum atomic E-state index is 13.9. The summed E-state index contributed by atoms with van der Waals surface area (Å²) in [5, 5.41) is 14.7. The molecule has 186 valence electrons. The van der Waals surface area contributed by atoms with Gasteiger partial charge in [-0.05, 0) is 54.2 Å². The van der Waals surface area contributed by atoms with Crippen molar-refractivity contribution in [3.05, 3.63) is 106 Å². The molecule has 0 bridgehead atoms. The van der Waals surface area contributed by atoms with Crippen LogP contribution in [-0.2, 0) is 11.2 Å². The molecule has 0 saturated heterocycles. The van der Waals surface area contributed by atoms with Crippen molar-refractivity contribution in [1.29, 1.82) is 0 Å². The number of nitrogens with zero attached hydrogens (tertiary/aromatic N) is 1. The molecule has 4 atom stereocenters. The van der Waals surface area contributed by atoms with Crippen molar-refractivity contribution in [1.82, 2.24) is 10.2 Å². The van der Waals surface area contributed by atoms with E-state index < -0.39 is 18.1 Å². The van der Waals surface area contributed by atoms with Crippen LogP contribution >= 0.6 is 11.6 Å². The SMILES string of the molecule is O=C(NCCc1ccccc1)C1c2ccccc2C(=O)N(C2CCCCC2O)C1c1ccc(Cl)cc1. The number of aliphatic hydroxyl groups excluding tert-OH is 1. The molecule has 0 aromatic heterocycles. The third-order valence-corrected chi connectivity index (χ3v) is 7.73. The van der Waals surface area contributed by atoms with Gasteiger partial charge in [-0.15, -0.1) is 0 Å². The van der Waals surface area contributed by atoms with Gasteiger partial charge >= 0.3 is 0 Å². The lowest BCUT2D eigenvalue weighted by atomic mass is 9.76. The first-order valence-electron chi connectivity index (χ1n) is 12.7. The number of nitrogens with one attached hydrogen (secondary N) is 1. The highest BCUT2D eigenvalue weighted by atomic mass is 35.5. The average Bonchev–Trinajstić information content (AvgIpc) is 2.90. The molecule has 1 fully saturated rings. The fourth-order valence-electron chi connectivity index (χ4n) is 5.71. The Morgan fingerprint density at radius 3 is 2.39 bits per heavy atom. The molecule has 2 N–H and O–H groups in total. The molecule has 36 heavy (non-hydrogen) atoms. The second-order valence-corrected chi connectivity index (χ2v) is 10.2. The van der Waals surface area contributed by atoms with Crippen molar-refractivity contribution < 1.29 is 14.7 Å². The van der Waals surface area contributed by atoms with E-state index in [1.165, 1.54) is 0 Å². The first-order valence-corrected chi connectivity index (χ1v) is 13.1. The minimum Gasteiger partial charge on any atom is -0.391 e. The van der Waals surface area contributed by atoms with E-state index in [0.29, 0.717) is 30.0 Å². The zero-order chi connectivity index (χ0) is 25.1. The topological polar surface area (TPSA) is 69.6 Å². The Morgan fingerprint density at radius 2 is 1.64 bits per heavy atom. The van der Waals surface area contributed by atoms with Crippen molar-refractivity contribution >= 4 is 23.4 Å². The van der Waals surface area contributed by atoms with E-state index in [1.54, 1.807) is 23.1 Å². The highest BCUT2D eigenvalue weighted by Crippen LogP contribution is 2.46. The highest BCUT2D eigenvalue weighted by Gasteiger charge is 2.48. The van der Waals surface area contributed by atoms with Crippen LogP contribution in [0.25, 0.3) is 0 Å². The zero-order valence-corrected chi connectivity index (χ0v) is 20.9. The molecule has 3 aromatic carbocycles. The summed E-state index contributed by atoms with van der Waals surface area (Å²) in [5.41, 5.74) is 3.24. The normalized spacial score (nSPS) is 23.7. The monoisotopic (exact) mass is 502 g/mol. The smallest absolute Gasteiger partial charge is 0.255 e. The predicted octanol–water partition coefficient (Wildman–Crippen LogP) is 5.28. The molecule has 1 aliphatic carbocycles. The van der Waals surface area contributed by atoms with Gasteiger partial charge < -0.3 is 15.3 Å². The van der Waals surface area contributed by atoms with Gasteiger partial charge in [-0.1, -0.05) is 85.1 Å². The Labute approximate surface area is 217 Å². The highest BCUT2D eigenvalue weighted by molar-refractivity contribution is 6.30. The number of hydrogen-bond donors (Lipinski definition) is 2. The number of aliphatic hydroxyl groups is 1. The number of rotatable bonds is 6. The van der Waals surface area contributed by atoms with Crippen molar-refractivity contribution in [3.8, 4) is 0 Å². The molecular formula is C30H31ClN2O3. The van der Waals surface area contributed by atoms with E-state index in [1.807, 2.05) is 60.7 Å². The number of carbonyl (C=O) groups is 2. The van der Waals surface area contributed by atoms with Gasteiger partial charge in [-0.25, -0.2) is 0 Å². The quantitative estimate of drug-likeness (QED) is 0.481. The molecule has 1 aliphatic heterocycles. The number of halogens is 1. The lowest BCUT2D eigenvalue weighted by Crippen LogP contribution is -2.55. The van der Waals surface area contributed by atoms with Crippen LogP contribution in [0, 0.1) is 0 Å².